The number of rotatable bonds is 15. The van der Waals surface area contributed by atoms with E-state index in [-0.39, 0.29) is 0 Å². The van der Waals surface area contributed by atoms with Crippen molar-refractivity contribution in [2.45, 2.75) is 27.7 Å². The second-order valence-corrected chi connectivity index (χ2v) is 16.7. The third kappa shape index (κ3) is 11.7. The summed E-state index contributed by atoms with van der Waals surface area (Å²) in [5.41, 5.74) is 2.20. The Morgan fingerprint density at radius 1 is 0.650 bits per heavy atom. The van der Waals surface area contributed by atoms with Crippen molar-refractivity contribution >= 4 is 61.4 Å². The molecule has 0 atom stereocenters. The molecule has 0 unspecified atom stereocenters. The van der Waals surface area contributed by atoms with Crippen LogP contribution in [-0.2, 0) is 9.13 Å². The average molecular weight is 619 g/mol. The van der Waals surface area contributed by atoms with Gasteiger partial charge in [0, 0.05) is 50.8 Å². The first kappa shape index (κ1) is 34.0. The number of benzene rings is 2. The van der Waals surface area contributed by atoms with Crippen LogP contribution in [0.2, 0.25) is 0 Å². The number of hydrogen-bond donors (Lipinski definition) is 2. The molecule has 0 saturated heterocycles. The van der Waals surface area contributed by atoms with Crippen LogP contribution in [0.3, 0.4) is 0 Å². The molecule has 0 aliphatic heterocycles. The van der Waals surface area contributed by atoms with Crippen molar-refractivity contribution in [2.75, 3.05) is 50.8 Å². The van der Waals surface area contributed by atoms with Crippen LogP contribution < -0.4 is 10.2 Å². The molecule has 218 valence electrons. The first-order valence-electron chi connectivity index (χ1n) is 13.9. The predicted molar refractivity (Wildman–Crippen MR) is 183 cm³/mol. The van der Waals surface area contributed by atoms with Crippen molar-refractivity contribution in [3.05, 3.63) is 83.9 Å². The summed E-state index contributed by atoms with van der Waals surface area (Å²) in [6, 6.07) is 20.2. The molecule has 10 heteroatoms. The fourth-order valence-electron chi connectivity index (χ4n) is 3.81. The van der Waals surface area contributed by atoms with E-state index in [9.17, 15) is 9.13 Å². The molecule has 0 heterocycles. The first-order chi connectivity index (χ1) is 19.2. The Hall–Kier alpha value is -2.24. The average Bonchev–Trinajstić information content (AvgIpc) is 2.98. The lowest BCUT2D eigenvalue weighted by Gasteiger charge is -2.32. The van der Waals surface area contributed by atoms with Gasteiger partial charge in [-0.25, -0.2) is 0 Å². The molecule has 0 saturated carbocycles. The third-order valence-electron chi connectivity index (χ3n) is 6.73. The molecular formula is C30H44N4O2P2S2. The van der Waals surface area contributed by atoms with E-state index in [0.717, 1.165) is 11.1 Å². The molecule has 0 spiro atoms. The lowest BCUT2D eigenvalue weighted by Crippen LogP contribution is -2.46. The maximum atomic E-state index is 13.2. The second kappa shape index (κ2) is 17.5. The number of nitrogens with zero attached hydrogens (tertiary/aromatic N) is 2. The van der Waals surface area contributed by atoms with E-state index in [1.807, 2.05) is 98.2 Å². The van der Waals surface area contributed by atoms with Crippen LogP contribution in [0.5, 0.6) is 0 Å². The highest BCUT2D eigenvalue weighted by atomic mass is 32.1. The Bertz CT molecular complexity index is 1110. The van der Waals surface area contributed by atoms with Gasteiger partial charge in [-0.15, -0.1) is 0 Å². The molecule has 0 aromatic heterocycles. The van der Waals surface area contributed by atoms with Crippen LogP contribution in [0.15, 0.2) is 72.8 Å². The highest BCUT2D eigenvalue weighted by Crippen LogP contribution is 2.40. The van der Waals surface area contributed by atoms with Gasteiger partial charge in [0.15, 0.2) is 24.8 Å². The fraction of sp³-hybridized carbons (Fsp3) is 0.400. The quantitative estimate of drug-likeness (QED) is 0.158. The van der Waals surface area contributed by atoms with Crippen molar-refractivity contribution in [2.24, 2.45) is 0 Å². The molecular weight excluding hydrogens is 574 g/mol. The first-order valence-corrected chi connectivity index (χ1v) is 18.9. The van der Waals surface area contributed by atoms with Crippen molar-refractivity contribution < 1.29 is 9.13 Å². The zero-order valence-electron chi connectivity index (χ0n) is 24.2. The Kier molecular flexibility index (Phi) is 14.9. The van der Waals surface area contributed by atoms with Crippen LogP contribution in [0.25, 0.3) is 12.2 Å². The molecule has 0 bridgehead atoms. The summed E-state index contributed by atoms with van der Waals surface area (Å²) in [4.78, 5) is 4.03. The molecule has 2 N–H and O–H groups in total. The van der Waals surface area contributed by atoms with Crippen LogP contribution in [0.1, 0.15) is 38.8 Å². The SMILES string of the molecule is CCP(=O)(CC)NC(=S)N(C/C=C/c1ccccc1)CCN(C/C=C/c1ccccc1)C(=S)NP(=O)(CC)CC. The van der Waals surface area contributed by atoms with E-state index in [1.54, 1.807) is 0 Å². The van der Waals surface area contributed by atoms with Gasteiger partial charge >= 0.3 is 0 Å². The van der Waals surface area contributed by atoms with Crippen LogP contribution in [0.4, 0.5) is 0 Å². The predicted octanol–water partition coefficient (Wildman–Crippen LogP) is 7.40. The summed E-state index contributed by atoms with van der Waals surface area (Å²) in [5.74, 6) is 0. The molecule has 6 nitrogen and oxygen atoms in total. The van der Waals surface area contributed by atoms with Crippen LogP contribution >= 0.6 is 39.0 Å². The number of hydrogen-bond acceptors (Lipinski definition) is 4. The smallest absolute Gasteiger partial charge is 0.174 e. The molecule has 2 aromatic rings. The van der Waals surface area contributed by atoms with Gasteiger partial charge in [0.2, 0.25) is 0 Å². The van der Waals surface area contributed by atoms with Gasteiger partial charge in [0.05, 0.1) is 0 Å². The van der Waals surface area contributed by atoms with Crippen molar-refractivity contribution in [1.29, 1.82) is 0 Å². The van der Waals surface area contributed by atoms with E-state index in [0.29, 0.717) is 61.1 Å². The van der Waals surface area contributed by atoms with E-state index < -0.39 is 14.6 Å². The summed E-state index contributed by atoms with van der Waals surface area (Å²) in [7, 11) is -5.18. The molecule has 0 aliphatic rings. The normalized spacial score (nSPS) is 12.0. The van der Waals surface area contributed by atoms with Gasteiger partial charge in [-0.3, -0.25) is 0 Å². The minimum atomic E-state index is -2.59. The third-order valence-corrected chi connectivity index (χ3v) is 13.1. The molecule has 2 aromatic carbocycles. The molecule has 0 radical (unpaired) electrons. The summed E-state index contributed by atoms with van der Waals surface area (Å²) < 4.78 is 26.4. The van der Waals surface area contributed by atoms with Gasteiger partial charge < -0.3 is 29.1 Å². The van der Waals surface area contributed by atoms with Crippen LogP contribution in [0, 0.1) is 0 Å². The lowest BCUT2D eigenvalue weighted by molar-refractivity contribution is 0.373. The largest absolute Gasteiger partial charge is 0.344 e. The van der Waals surface area contributed by atoms with E-state index in [2.05, 4.69) is 34.5 Å². The molecule has 0 aliphatic carbocycles. The van der Waals surface area contributed by atoms with E-state index in [4.69, 9.17) is 24.4 Å². The van der Waals surface area contributed by atoms with E-state index in [1.165, 1.54) is 0 Å². The minimum Gasteiger partial charge on any atom is -0.344 e. The molecule has 0 amide bonds. The Morgan fingerprint density at radius 3 is 1.27 bits per heavy atom. The Labute approximate surface area is 252 Å². The maximum Gasteiger partial charge on any atom is 0.174 e. The van der Waals surface area contributed by atoms with Gasteiger partial charge in [-0.2, -0.15) is 0 Å². The van der Waals surface area contributed by atoms with Gasteiger partial charge in [0.25, 0.3) is 0 Å². The molecule has 0 fully saturated rings. The number of nitrogens with one attached hydrogen (secondary N) is 2. The maximum absolute atomic E-state index is 13.2. The van der Waals surface area contributed by atoms with Gasteiger partial charge in [-0.1, -0.05) is 113 Å². The highest BCUT2D eigenvalue weighted by Gasteiger charge is 2.23. The van der Waals surface area contributed by atoms with Crippen molar-refractivity contribution in [3.63, 3.8) is 0 Å². The topological polar surface area (TPSA) is 64.7 Å². The zero-order valence-corrected chi connectivity index (χ0v) is 27.6. The summed E-state index contributed by atoms with van der Waals surface area (Å²) in [5, 5.41) is 7.28. The monoisotopic (exact) mass is 618 g/mol. The molecule has 40 heavy (non-hydrogen) atoms. The molecule has 2 rings (SSSR count). The summed E-state index contributed by atoms with van der Waals surface area (Å²) >= 11 is 11.5. The Balaban J connectivity index is 2.24. The lowest BCUT2D eigenvalue weighted by atomic mass is 10.2. The zero-order chi connectivity index (χ0) is 29.4. The Morgan fingerprint density at radius 2 is 0.975 bits per heavy atom. The number of thiocarbonyl (C=S) groups is 2. The van der Waals surface area contributed by atoms with Gasteiger partial charge in [-0.05, 0) is 35.6 Å². The highest BCUT2D eigenvalue weighted by molar-refractivity contribution is 7.81. The van der Waals surface area contributed by atoms with Crippen molar-refractivity contribution in [3.8, 4) is 0 Å². The van der Waals surface area contributed by atoms with E-state index >= 15 is 0 Å². The fourth-order valence-corrected chi connectivity index (χ4v) is 7.64. The standard InChI is InChI=1S/C30H44N4O2P2S2/c1-5-37(35,6-2)31-29(39)33(23-15-21-27-17-11-9-12-18-27)25-26-34(30(40)32-38(36,7-3)8-4)24-16-22-28-19-13-10-14-20-28/h9-22H,5-8,23-26H2,1-4H3,(H,31,35,39)(H,32,36,40)/b21-15+,22-16+. The van der Waals surface area contributed by atoms with Crippen LogP contribution in [-0.4, -0.2) is 70.9 Å². The van der Waals surface area contributed by atoms with Crippen molar-refractivity contribution in [1.82, 2.24) is 20.0 Å². The minimum absolute atomic E-state index is 0.469. The van der Waals surface area contributed by atoms with Gasteiger partial charge in [0.1, 0.15) is 0 Å². The summed E-state index contributed by atoms with van der Waals surface area (Å²) in [6.07, 6.45) is 10.4. The second-order valence-electron chi connectivity index (χ2n) is 9.40. The summed E-state index contributed by atoms with van der Waals surface area (Å²) in [6.45, 7) is 9.86.